The van der Waals surface area contributed by atoms with E-state index in [0.29, 0.717) is 6.54 Å². The number of para-hydroxylation sites is 1. The summed E-state index contributed by atoms with van der Waals surface area (Å²) >= 11 is 0. The van der Waals surface area contributed by atoms with Gasteiger partial charge in [0.25, 0.3) is 5.91 Å². The molecule has 10 heteroatoms. The lowest BCUT2D eigenvalue weighted by atomic mass is 10.0. The fourth-order valence-corrected chi connectivity index (χ4v) is 4.77. The number of nitrogens with zero attached hydrogens (tertiary/aromatic N) is 5. The third-order valence-electron chi connectivity index (χ3n) is 6.57. The molecule has 0 unspecified atom stereocenters. The van der Waals surface area contributed by atoms with Crippen LogP contribution in [0.5, 0.6) is 0 Å². The highest BCUT2D eigenvalue weighted by Crippen LogP contribution is 2.31. The summed E-state index contributed by atoms with van der Waals surface area (Å²) in [6.07, 6.45) is 4.25. The van der Waals surface area contributed by atoms with Gasteiger partial charge in [-0.15, -0.1) is 0 Å². The normalized spacial score (nSPS) is 22.3. The van der Waals surface area contributed by atoms with Crippen LogP contribution in [0, 0.1) is 0 Å². The van der Waals surface area contributed by atoms with Crippen LogP contribution in [0.4, 0.5) is 4.79 Å². The van der Waals surface area contributed by atoms with Gasteiger partial charge in [0, 0.05) is 37.1 Å². The van der Waals surface area contributed by atoms with Crippen molar-refractivity contribution < 1.29 is 19.2 Å². The van der Waals surface area contributed by atoms with Crippen LogP contribution in [0.15, 0.2) is 61.1 Å². The summed E-state index contributed by atoms with van der Waals surface area (Å²) in [6, 6.07) is 11.5. The zero-order valence-corrected chi connectivity index (χ0v) is 19.5. The second kappa shape index (κ2) is 9.30. The predicted octanol–water partition coefficient (Wildman–Crippen LogP) is 2.06. The number of aromatic nitrogens is 2. The van der Waals surface area contributed by atoms with Crippen LogP contribution in [-0.2, 0) is 27.5 Å². The summed E-state index contributed by atoms with van der Waals surface area (Å²) in [4.78, 5) is 56.5. The minimum Gasteiger partial charge on any atom is -0.332 e. The number of hydrogen-bond donors (Lipinski definition) is 1. The van der Waals surface area contributed by atoms with Gasteiger partial charge in [-0.2, -0.15) is 5.06 Å². The van der Waals surface area contributed by atoms with Crippen molar-refractivity contribution in [1.29, 1.82) is 0 Å². The van der Waals surface area contributed by atoms with Gasteiger partial charge < -0.3 is 15.1 Å². The largest absolute Gasteiger partial charge is 0.343 e. The number of piperazine rings is 1. The average Bonchev–Trinajstić information content (AvgIpc) is 2.89. The van der Waals surface area contributed by atoms with Crippen LogP contribution in [0.1, 0.15) is 25.0 Å². The molecule has 1 N–H and O–H groups in total. The van der Waals surface area contributed by atoms with E-state index in [4.69, 9.17) is 4.84 Å². The molecule has 5 rings (SSSR count). The number of hydrogen-bond acceptors (Lipinski definition) is 6. The number of carbonyl (C=O) groups is 3. The zero-order valence-electron chi connectivity index (χ0n) is 19.5. The molecule has 0 bridgehead atoms. The Kier molecular flexibility index (Phi) is 6.04. The molecule has 0 saturated carbocycles. The molecule has 1 aromatic carbocycles. The lowest BCUT2D eigenvalue weighted by Crippen LogP contribution is -2.74. The van der Waals surface area contributed by atoms with Gasteiger partial charge in [-0.25, -0.2) is 4.79 Å². The number of carbonyl (C=O) groups excluding carboxylic acids is 3. The van der Waals surface area contributed by atoms with Crippen LogP contribution < -0.4 is 5.32 Å². The fraction of sp³-hybridized carbons (Fsp3) is 0.320. The smallest absolute Gasteiger partial charge is 0.332 e. The molecule has 0 spiro atoms. The summed E-state index contributed by atoms with van der Waals surface area (Å²) in [7, 11) is 0. The molecule has 35 heavy (non-hydrogen) atoms. The van der Waals surface area contributed by atoms with Gasteiger partial charge >= 0.3 is 6.03 Å². The van der Waals surface area contributed by atoms with Crippen LogP contribution in [0.25, 0.3) is 10.9 Å². The number of amides is 4. The minimum atomic E-state index is -0.774. The minimum absolute atomic E-state index is 0.186. The highest BCUT2D eigenvalue weighted by Gasteiger charge is 2.52. The van der Waals surface area contributed by atoms with Gasteiger partial charge in [0.1, 0.15) is 6.04 Å². The van der Waals surface area contributed by atoms with Gasteiger partial charge in [-0.1, -0.05) is 24.3 Å². The van der Waals surface area contributed by atoms with E-state index in [1.165, 1.54) is 9.96 Å². The van der Waals surface area contributed by atoms with Crippen molar-refractivity contribution in [3.05, 3.63) is 72.2 Å². The van der Waals surface area contributed by atoms with E-state index in [1.54, 1.807) is 42.5 Å². The van der Waals surface area contributed by atoms with E-state index in [-0.39, 0.29) is 25.0 Å². The number of benzene rings is 1. The Morgan fingerprint density at radius 2 is 1.86 bits per heavy atom. The number of fused-ring (bicyclic) bond motifs is 2. The number of rotatable bonds is 4. The summed E-state index contributed by atoms with van der Waals surface area (Å²) < 4.78 is 0. The molecule has 4 amide bonds. The third-order valence-corrected chi connectivity index (χ3v) is 6.57. The maximum Gasteiger partial charge on any atom is 0.343 e. The number of pyridine rings is 2. The molecule has 2 aliphatic rings. The monoisotopic (exact) mass is 474 g/mol. The van der Waals surface area contributed by atoms with Crippen molar-refractivity contribution in [2.75, 3.05) is 6.61 Å². The van der Waals surface area contributed by atoms with Gasteiger partial charge in [0.05, 0.1) is 11.6 Å². The first-order valence-corrected chi connectivity index (χ1v) is 11.5. The summed E-state index contributed by atoms with van der Waals surface area (Å²) in [5, 5.41) is 5.00. The van der Waals surface area contributed by atoms with Crippen LogP contribution in [0.2, 0.25) is 0 Å². The first-order valence-electron chi connectivity index (χ1n) is 11.5. The fourth-order valence-electron chi connectivity index (χ4n) is 4.77. The highest BCUT2D eigenvalue weighted by molar-refractivity contribution is 5.91. The summed E-state index contributed by atoms with van der Waals surface area (Å²) in [5.74, 6) is -0.513. The lowest BCUT2D eigenvalue weighted by molar-refractivity contribution is -0.244. The van der Waals surface area contributed by atoms with Crippen molar-refractivity contribution in [3.8, 4) is 0 Å². The molecule has 180 valence electrons. The van der Waals surface area contributed by atoms with Crippen LogP contribution >= 0.6 is 0 Å². The van der Waals surface area contributed by atoms with E-state index >= 15 is 0 Å². The molecular weight excluding hydrogens is 448 g/mol. The standard InChI is InChI=1S/C25H26N6O4/c1-16-23-30(21(32)15-35-31(23)25(34)28-13-18-8-11-26-12-9-18)17(2)24(33)29(16)14-20-6-3-5-19-7-4-10-27-22(19)20/h3-12,16-17,23H,13-15H2,1-2H3,(H,28,34)/t16-,17-,23-/m0/s1. The van der Waals surface area contributed by atoms with Gasteiger partial charge in [0.2, 0.25) is 5.91 Å². The Morgan fingerprint density at radius 1 is 1.09 bits per heavy atom. The summed E-state index contributed by atoms with van der Waals surface area (Å²) in [5.41, 5.74) is 2.58. The van der Waals surface area contributed by atoms with Crippen molar-refractivity contribution >= 4 is 28.7 Å². The van der Waals surface area contributed by atoms with Crippen molar-refractivity contribution in [2.45, 2.75) is 45.2 Å². The van der Waals surface area contributed by atoms with Gasteiger partial charge in [-0.3, -0.25) is 24.4 Å². The molecular formula is C25H26N6O4. The molecule has 10 nitrogen and oxygen atoms in total. The van der Waals surface area contributed by atoms with Crippen LogP contribution in [0.3, 0.4) is 0 Å². The second-order valence-corrected chi connectivity index (χ2v) is 8.70. The number of urea groups is 1. The quantitative estimate of drug-likeness (QED) is 0.620. The Labute approximate surface area is 202 Å². The van der Waals surface area contributed by atoms with E-state index in [2.05, 4.69) is 15.3 Å². The number of nitrogens with one attached hydrogen (secondary N) is 1. The molecule has 2 fully saturated rings. The molecule has 2 saturated heterocycles. The van der Waals surface area contributed by atoms with Crippen molar-refractivity contribution in [1.82, 2.24) is 30.1 Å². The topological polar surface area (TPSA) is 108 Å². The van der Waals surface area contributed by atoms with Gasteiger partial charge in [-0.05, 0) is 43.2 Å². The van der Waals surface area contributed by atoms with Crippen molar-refractivity contribution in [2.24, 2.45) is 0 Å². The first-order chi connectivity index (χ1) is 17.0. The Hall–Kier alpha value is -4.05. The molecule has 2 aliphatic heterocycles. The average molecular weight is 475 g/mol. The molecule has 0 aliphatic carbocycles. The first kappa shape index (κ1) is 22.7. The number of hydroxylamine groups is 2. The SMILES string of the molecule is C[C@H]1[C@@H]2N(C(=O)NCc3ccncc3)OCC(=O)N2[C@@H](C)C(=O)N1Cc1cccc2cccnc12. The highest BCUT2D eigenvalue weighted by atomic mass is 16.7. The second-order valence-electron chi connectivity index (χ2n) is 8.70. The predicted molar refractivity (Wildman–Crippen MR) is 126 cm³/mol. The molecule has 4 heterocycles. The Morgan fingerprint density at radius 3 is 2.66 bits per heavy atom. The maximum absolute atomic E-state index is 13.4. The zero-order chi connectivity index (χ0) is 24.5. The molecule has 3 atom stereocenters. The van der Waals surface area contributed by atoms with E-state index in [9.17, 15) is 14.4 Å². The summed E-state index contributed by atoms with van der Waals surface area (Å²) in [6.45, 7) is 3.77. The van der Waals surface area contributed by atoms with E-state index < -0.39 is 24.3 Å². The molecule has 3 aromatic rings. The Balaban J connectivity index is 1.42. The lowest BCUT2D eigenvalue weighted by Gasteiger charge is -2.53. The molecule has 2 aromatic heterocycles. The van der Waals surface area contributed by atoms with E-state index in [1.807, 2.05) is 37.3 Å². The van der Waals surface area contributed by atoms with Gasteiger partial charge in [0.15, 0.2) is 12.8 Å². The van der Waals surface area contributed by atoms with E-state index in [0.717, 1.165) is 22.0 Å². The molecule has 0 radical (unpaired) electrons. The maximum atomic E-state index is 13.4. The Bertz CT molecular complexity index is 1260. The van der Waals surface area contributed by atoms with Crippen LogP contribution in [-0.4, -0.2) is 67.5 Å². The third kappa shape index (κ3) is 4.17. The van der Waals surface area contributed by atoms with Crippen molar-refractivity contribution in [3.63, 3.8) is 0 Å².